The van der Waals surface area contributed by atoms with Gasteiger partial charge in [-0.1, -0.05) is 13.8 Å². The molecule has 2 heterocycles. The van der Waals surface area contributed by atoms with E-state index in [1.54, 1.807) is 0 Å². The molecule has 0 spiro atoms. The van der Waals surface area contributed by atoms with Gasteiger partial charge in [0.05, 0.1) is 15.0 Å². The number of hydrogen-bond donors (Lipinski definition) is 1. The van der Waals surface area contributed by atoms with Crippen LogP contribution in [0.15, 0.2) is 4.79 Å². The minimum absolute atomic E-state index is 0.00202. The zero-order chi connectivity index (χ0) is 12.0. The average Bonchev–Trinajstić information content (AvgIpc) is 2.45. The van der Waals surface area contributed by atoms with Crippen LogP contribution in [0.4, 0.5) is 0 Å². The van der Waals surface area contributed by atoms with Crippen LogP contribution < -0.4 is 5.56 Å². The molecule has 0 amide bonds. The summed E-state index contributed by atoms with van der Waals surface area (Å²) in [5.41, 5.74) is 3.48. The van der Waals surface area contributed by atoms with Crippen molar-refractivity contribution in [3.05, 3.63) is 30.9 Å². The second kappa shape index (κ2) is 3.87. The Kier molecular flexibility index (Phi) is 2.81. The number of hydrogen-bond acceptors (Lipinski definition) is 2. The van der Waals surface area contributed by atoms with Gasteiger partial charge in [-0.05, 0) is 42.4 Å². The molecule has 86 valence electrons. The highest BCUT2D eigenvalue weighted by Gasteiger charge is 2.16. The van der Waals surface area contributed by atoms with E-state index < -0.39 is 0 Å². The van der Waals surface area contributed by atoms with Gasteiger partial charge in [0.2, 0.25) is 0 Å². The van der Waals surface area contributed by atoms with Crippen molar-refractivity contribution in [2.24, 2.45) is 0 Å². The quantitative estimate of drug-likeness (QED) is 0.816. The highest BCUT2D eigenvalue weighted by molar-refractivity contribution is 14.1. The van der Waals surface area contributed by atoms with Gasteiger partial charge in [0.25, 0.3) is 5.56 Å². The molecule has 2 aromatic rings. The van der Waals surface area contributed by atoms with Crippen molar-refractivity contribution in [2.75, 3.05) is 0 Å². The largest absolute Gasteiger partial charge is 0.306 e. The summed E-state index contributed by atoms with van der Waals surface area (Å²) in [7, 11) is 0. The van der Waals surface area contributed by atoms with Gasteiger partial charge in [0, 0.05) is 5.56 Å². The number of nitrogens with zero attached hydrogens (tertiary/aromatic N) is 2. The summed E-state index contributed by atoms with van der Waals surface area (Å²) in [6.45, 7) is 7.93. The normalized spacial score (nSPS) is 11.6. The predicted octanol–water partition coefficient (Wildman–Crippen LogP) is 2.37. The van der Waals surface area contributed by atoms with Crippen LogP contribution in [0.3, 0.4) is 0 Å². The lowest BCUT2D eigenvalue weighted by Gasteiger charge is -2.09. The number of aromatic amines is 1. The second-order valence-corrected chi connectivity index (χ2v) is 5.35. The molecule has 2 aromatic heterocycles. The highest BCUT2D eigenvalue weighted by atomic mass is 127. The fourth-order valence-electron chi connectivity index (χ4n) is 1.99. The molecule has 0 aliphatic heterocycles. The molecule has 0 atom stereocenters. The van der Waals surface area contributed by atoms with E-state index in [1.165, 1.54) is 0 Å². The smallest absolute Gasteiger partial charge is 0.254 e. The molecule has 0 aromatic carbocycles. The van der Waals surface area contributed by atoms with Crippen molar-refractivity contribution in [2.45, 2.75) is 33.6 Å². The number of nitrogens with one attached hydrogen (secondary N) is 1. The zero-order valence-corrected chi connectivity index (χ0v) is 11.9. The van der Waals surface area contributed by atoms with E-state index in [0.29, 0.717) is 0 Å². The third-order valence-electron chi connectivity index (χ3n) is 2.75. The van der Waals surface area contributed by atoms with E-state index in [-0.39, 0.29) is 11.5 Å². The van der Waals surface area contributed by atoms with Crippen LogP contribution in [0.25, 0.3) is 5.65 Å². The van der Waals surface area contributed by atoms with Crippen molar-refractivity contribution >= 4 is 28.2 Å². The summed E-state index contributed by atoms with van der Waals surface area (Å²) in [4.78, 5) is 14.9. The molecule has 0 unspecified atom stereocenters. The van der Waals surface area contributed by atoms with Crippen LogP contribution in [0, 0.1) is 17.4 Å². The maximum absolute atomic E-state index is 12.0. The molecule has 1 N–H and O–H groups in total. The van der Waals surface area contributed by atoms with Crippen molar-refractivity contribution in [1.29, 1.82) is 0 Å². The standard InChI is InChI=1S/C11H14IN3O/c1-5(2)8-7(4)15-10(13-11(8)16)9(12)6(3)14-15/h5H,1-4H3,(H,13,16). The Morgan fingerprint density at radius 1 is 1.38 bits per heavy atom. The Hall–Kier alpha value is -0.850. The topological polar surface area (TPSA) is 50.2 Å². The Morgan fingerprint density at radius 3 is 2.56 bits per heavy atom. The molecular formula is C11H14IN3O. The number of H-pyrrole nitrogens is 1. The Labute approximate surface area is 107 Å². The molecule has 0 radical (unpaired) electrons. The first kappa shape index (κ1) is 11.6. The first-order valence-electron chi connectivity index (χ1n) is 5.21. The first-order valence-corrected chi connectivity index (χ1v) is 6.29. The summed E-state index contributed by atoms with van der Waals surface area (Å²) < 4.78 is 2.83. The molecule has 0 bridgehead atoms. The maximum Gasteiger partial charge on any atom is 0.254 e. The summed E-state index contributed by atoms with van der Waals surface area (Å²) in [5, 5.41) is 4.44. The molecule has 16 heavy (non-hydrogen) atoms. The van der Waals surface area contributed by atoms with Crippen molar-refractivity contribution in [1.82, 2.24) is 14.6 Å². The first-order chi connectivity index (χ1) is 7.43. The minimum atomic E-state index is -0.00202. The molecular weight excluding hydrogens is 317 g/mol. The predicted molar refractivity (Wildman–Crippen MR) is 72.1 cm³/mol. The van der Waals surface area contributed by atoms with Gasteiger partial charge in [0.15, 0.2) is 0 Å². The summed E-state index contributed by atoms with van der Waals surface area (Å²) in [5.74, 6) is 0.204. The van der Waals surface area contributed by atoms with Gasteiger partial charge in [-0.15, -0.1) is 0 Å². The van der Waals surface area contributed by atoms with E-state index in [0.717, 1.165) is 26.2 Å². The van der Waals surface area contributed by atoms with Gasteiger partial charge in [-0.25, -0.2) is 4.52 Å². The Bertz CT molecular complexity index is 610. The Morgan fingerprint density at radius 2 is 2.00 bits per heavy atom. The number of aryl methyl sites for hydroxylation is 2. The molecule has 0 aliphatic carbocycles. The molecule has 0 saturated heterocycles. The van der Waals surface area contributed by atoms with Gasteiger partial charge >= 0.3 is 0 Å². The summed E-state index contributed by atoms with van der Waals surface area (Å²) >= 11 is 2.21. The molecule has 2 rings (SSSR count). The zero-order valence-electron chi connectivity index (χ0n) is 9.76. The molecule has 0 saturated carbocycles. The summed E-state index contributed by atoms with van der Waals surface area (Å²) in [6.07, 6.45) is 0. The maximum atomic E-state index is 12.0. The number of aromatic nitrogens is 3. The second-order valence-electron chi connectivity index (χ2n) is 4.27. The van der Waals surface area contributed by atoms with E-state index in [4.69, 9.17) is 0 Å². The third-order valence-corrected chi connectivity index (χ3v) is 4.04. The van der Waals surface area contributed by atoms with Crippen LogP contribution in [-0.4, -0.2) is 14.6 Å². The lowest BCUT2D eigenvalue weighted by molar-refractivity contribution is 0.776. The van der Waals surface area contributed by atoms with Crippen molar-refractivity contribution in [3.8, 4) is 0 Å². The van der Waals surface area contributed by atoms with Crippen LogP contribution in [-0.2, 0) is 0 Å². The molecule has 5 heteroatoms. The van der Waals surface area contributed by atoms with Crippen molar-refractivity contribution < 1.29 is 0 Å². The molecule has 4 nitrogen and oxygen atoms in total. The van der Waals surface area contributed by atoms with Crippen LogP contribution >= 0.6 is 22.6 Å². The lowest BCUT2D eigenvalue weighted by Crippen LogP contribution is -2.19. The van der Waals surface area contributed by atoms with Crippen molar-refractivity contribution in [3.63, 3.8) is 0 Å². The fourth-order valence-corrected chi connectivity index (χ4v) is 2.46. The van der Waals surface area contributed by atoms with Crippen LogP contribution in [0.1, 0.15) is 36.7 Å². The van der Waals surface area contributed by atoms with Gasteiger partial charge < -0.3 is 4.98 Å². The number of rotatable bonds is 1. The van der Waals surface area contributed by atoms with E-state index in [1.807, 2.05) is 32.2 Å². The average molecular weight is 331 g/mol. The highest BCUT2D eigenvalue weighted by Crippen LogP contribution is 2.19. The third kappa shape index (κ3) is 1.57. The molecule has 0 fully saturated rings. The number of halogens is 1. The fraction of sp³-hybridized carbons (Fsp3) is 0.455. The van der Waals surface area contributed by atoms with Gasteiger partial charge in [-0.3, -0.25) is 4.79 Å². The minimum Gasteiger partial charge on any atom is -0.306 e. The SMILES string of the molecule is Cc1nn2c(C)c(C(C)C)c(=O)[nH]c2c1I. The number of fused-ring (bicyclic) bond motifs is 1. The van der Waals surface area contributed by atoms with Gasteiger partial charge in [0.1, 0.15) is 5.65 Å². The summed E-state index contributed by atoms with van der Waals surface area (Å²) in [6, 6.07) is 0. The van der Waals surface area contributed by atoms with Crippen LogP contribution in [0.2, 0.25) is 0 Å². The van der Waals surface area contributed by atoms with Gasteiger partial charge in [-0.2, -0.15) is 5.10 Å². The molecule has 0 aliphatic rings. The van der Waals surface area contributed by atoms with E-state index >= 15 is 0 Å². The van der Waals surface area contributed by atoms with Crippen LogP contribution in [0.5, 0.6) is 0 Å². The van der Waals surface area contributed by atoms with E-state index in [2.05, 4.69) is 32.7 Å². The monoisotopic (exact) mass is 331 g/mol. The van der Waals surface area contributed by atoms with E-state index in [9.17, 15) is 4.79 Å². The lowest BCUT2D eigenvalue weighted by atomic mass is 10.0. The Balaban J connectivity index is 2.95.